The first-order valence-electron chi connectivity index (χ1n) is 20.2. The summed E-state index contributed by atoms with van der Waals surface area (Å²) < 4.78 is 21.7. The highest BCUT2D eigenvalue weighted by Crippen LogP contribution is 2.33. The highest BCUT2D eigenvalue weighted by molar-refractivity contribution is 6.52. The average molecular weight is 827 g/mol. The Morgan fingerprint density at radius 2 is 0.902 bits per heavy atom. The molecule has 316 valence electrons. The summed E-state index contributed by atoms with van der Waals surface area (Å²) in [5.74, 6) is -4.42. The van der Waals surface area contributed by atoms with Gasteiger partial charge in [0.05, 0.1) is 35.5 Å². The van der Waals surface area contributed by atoms with Crippen molar-refractivity contribution in [1.82, 2.24) is 0 Å². The minimum absolute atomic E-state index is 0.0303. The Hall–Kier alpha value is -6.82. The highest BCUT2D eigenvalue weighted by atomic mass is 16.6. The van der Waals surface area contributed by atoms with Gasteiger partial charge in [-0.2, -0.15) is 0 Å². The standard InChI is InChI=1S/C49H50N2O10/c1-48(2,3)60-46(56)42(52)38(32-14-9-7-10-15-32)30-50-24-22-34-28-36(18-20-40(34)50)44(54)58-26-13-27-59-45(55)37-19-21-41-35(29-37)23-25-51(41)31-39(33-16-11-8-12-17-33)43(53)47(57)61-49(4,5)6/h7-12,14-21,28-31H,13,22-27H2,1-6H3/b38-30+,39-31+. The second-order valence-corrected chi connectivity index (χ2v) is 16.7. The monoisotopic (exact) mass is 826 g/mol. The fourth-order valence-corrected chi connectivity index (χ4v) is 6.88. The van der Waals surface area contributed by atoms with Crippen molar-refractivity contribution in [2.45, 2.75) is 72.0 Å². The normalized spacial score (nSPS) is 13.9. The van der Waals surface area contributed by atoms with E-state index in [1.54, 1.807) is 139 Å². The summed E-state index contributed by atoms with van der Waals surface area (Å²) in [7, 11) is 0. The van der Waals surface area contributed by atoms with E-state index >= 15 is 0 Å². The molecular formula is C49H50N2O10. The molecule has 0 unspecified atom stereocenters. The zero-order valence-corrected chi connectivity index (χ0v) is 35.3. The summed E-state index contributed by atoms with van der Waals surface area (Å²) in [5, 5.41) is 0. The maximum atomic E-state index is 13.3. The zero-order chi connectivity index (χ0) is 43.9. The predicted molar refractivity (Wildman–Crippen MR) is 231 cm³/mol. The molecule has 0 bridgehead atoms. The van der Waals surface area contributed by atoms with Crippen LogP contribution in [0.1, 0.15) is 90.9 Å². The van der Waals surface area contributed by atoms with Crippen molar-refractivity contribution in [2.75, 3.05) is 36.1 Å². The van der Waals surface area contributed by atoms with Gasteiger partial charge in [0.25, 0.3) is 11.6 Å². The Morgan fingerprint density at radius 3 is 1.26 bits per heavy atom. The van der Waals surface area contributed by atoms with Gasteiger partial charge in [0.15, 0.2) is 0 Å². The zero-order valence-electron chi connectivity index (χ0n) is 35.3. The Balaban J connectivity index is 1.02. The van der Waals surface area contributed by atoms with Gasteiger partial charge in [0.1, 0.15) is 11.2 Å². The van der Waals surface area contributed by atoms with Crippen molar-refractivity contribution in [2.24, 2.45) is 0 Å². The predicted octanol–water partition coefficient (Wildman–Crippen LogP) is 7.72. The lowest BCUT2D eigenvalue weighted by atomic mass is 10.0. The number of carbonyl (C=O) groups excluding carboxylic acids is 6. The van der Waals surface area contributed by atoms with Crippen LogP contribution in [0.2, 0.25) is 0 Å². The van der Waals surface area contributed by atoms with E-state index in [9.17, 15) is 28.8 Å². The number of esters is 4. The van der Waals surface area contributed by atoms with Gasteiger partial charge in [-0.25, -0.2) is 19.2 Å². The molecule has 0 atom stereocenters. The summed E-state index contributed by atoms with van der Waals surface area (Å²) in [6.07, 6.45) is 4.80. The third-order valence-corrected chi connectivity index (χ3v) is 9.65. The molecule has 4 aromatic rings. The van der Waals surface area contributed by atoms with Crippen molar-refractivity contribution >= 4 is 58.0 Å². The topological polar surface area (TPSA) is 146 Å². The van der Waals surface area contributed by atoms with E-state index in [2.05, 4.69) is 0 Å². The molecule has 0 fully saturated rings. The lowest BCUT2D eigenvalue weighted by Crippen LogP contribution is -2.30. The summed E-state index contributed by atoms with van der Waals surface area (Å²) in [4.78, 5) is 81.9. The summed E-state index contributed by atoms with van der Waals surface area (Å²) in [5.41, 5.74) is 4.00. The van der Waals surface area contributed by atoms with Crippen LogP contribution in [-0.2, 0) is 51.0 Å². The number of rotatable bonds is 14. The van der Waals surface area contributed by atoms with Crippen molar-refractivity contribution < 1.29 is 47.7 Å². The molecule has 0 aromatic heterocycles. The first-order valence-corrected chi connectivity index (χ1v) is 20.2. The van der Waals surface area contributed by atoms with Crippen LogP contribution in [0.4, 0.5) is 11.4 Å². The summed E-state index contributed by atoms with van der Waals surface area (Å²) >= 11 is 0. The van der Waals surface area contributed by atoms with Crippen LogP contribution < -0.4 is 9.80 Å². The van der Waals surface area contributed by atoms with Crippen LogP contribution in [0.15, 0.2) is 109 Å². The smallest absolute Gasteiger partial charge is 0.380 e. The van der Waals surface area contributed by atoms with E-state index in [4.69, 9.17) is 18.9 Å². The van der Waals surface area contributed by atoms with Gasteiger partial charge in [-0.05, 0) is 113 Å². The minimum Gasteiger partial charge on any atom is -0.462 e. The SMILES string of the molecule is CC(C)(C)OC(=O)C(=O)/C(=C/N1CCc2cc(C(=O)OCCCOC(=O)c3ccc4c(c3)CCN4/C=C(/C(=O)C(=O)OC(C)(C)C)c3ccccc3)ccc21)c1ccccc1. The maximum Gasteiger partial charge on any atom is 0.380 e. The van der Waals surface area contributed by atoms with Gasteiger partial charge in [-0.15, -0.1) is 0 Å². The van der Waals surface area contributed by atoms with Crippen molar-refractivity contribution in [3.8, 4) is 0 Å². The van der Waals surface area contributed by atoms with Gasteiger partial charge in [0.2, 0.25) is 0 Å². The van der Waals surface area contributed by atoms with Crippen LogP contribution in [0, 0.1) is 0 Å². The molecule has 12 heteroatoms. The number of hydrogen-bond donors (Lipinski definition) is 0. The number of nitrogens with zero attached hydrogens (tertiary/aromatic N) is 2. The molecule has 0 aliphatic carbocycles. The molecule has 6 rings (SSSR count). The molecule has 12 nitrogen and oxygen atoms in total. The second-order valence-electron chi connectivity index (χ2n) is 16.7. The molecule has 0 saturated carbocycles. The van der Waals surface area contributed by atoms with E-state index in [-0.39, 0.29) is 30.8 Å². The van der Waals surface area contributed by atoms with Crippen molar-refractivity contribution in [3.05, 3.63) is 143 Å². The molecule has 2 heterocycles. The maximum absolute atomic E-state index is 13.3. The van der Waals surface area contributed by atoms with Crippen LogP contribution in [0.3, 0.4) is 0 Å². The van der Waals surface area contributed by atoms with Gasteiger partial charge in [0, 0.05) is 43.3 Å². The highest BCUT2D eigenvalue weighted by Gasteiger charge is 2.31. The van der Waals surface area contributed by atoms with E-state index in [0.717, 1.165) is 22.5 Å². The summed E-state index contributed by atoms with van der Waals surface area (Å²) in [6, 6.07) is 28.3. The minimum atomic E-state index is -0.938. The Labute approximate surface area is 355 Å². The summed E-state index contributed by atoms with van der Waals surface area (Å²) in [6.45, 7) is 11.3. The quantitative estimate of drug-likeness (QED) is 0.0403. The molecule has 2 aliphatic rings. The molecule has 0 amide bonds. The fraction of sp³-hybridized carbons (Fsp3) is 0.306. The number of benzene rings is 4. The molecule has 0 spiro atoms. The van der Waals surface area contributed by atoms with Crippen molar-refractivity contribution in [3.63, 3.8) is 0 Å². The number of Topliss-reactive ketones (excluding diaryl/α,β-unsaturated/α-hetero) is 2. The first kappa shape index (κ1) is 43.8. The molecule has 0 saturated heterocycles. The van der Waals surface area contributed by atoms with Gasteiger partial charge < -0.3 is 28.7 Å². The number of ketones is 2. The molecular weight excluding hydrogens is 777 g/mol. The Morgan fingerprint density at radius 1 is 0.525 bits per heavy atom. The van der Waals surface area contributed by atoms with Crippen molar-refractivity contribution in [1.29, 1.82) is 0 Å². The van der Waals surface area contributed by atoms with E-state index in [1.807, 2.05) is 21.9 Å². The van der Waals surface area contributed by atoms with Crippen LogP contribution >= 0.6 is 0 Å². The molecule has 0 N–H and O–H groups in total. The number of ether oxygens (including phenoxy) is 4. The number of fused-ring (bicyclic) bond motifs is 2. The third kappa shape index (κ3) is 11.3. The average Bonchev–Trinajstić information content (AvgIpc) is 3.83. The molecule has 0 radical (unpaired) electrons. The number of anilines is 2. The molecule has 2 aliphatic heterocycles. The lowest BCUT2D eigenvalue weighted by Gasteiger charge is -2.20. The van der Waals surface area contributed by atoms with E-state index in [0.29, 0.717) is 48.2 Å². The van der Waals surface area contributed by atoms with Crippen LogP contribution in [0.5, 0.6) is 0 Å². The lowest BCUT2D eigenvalue weighted by molar-refractivity contribution is -0.160. The number of hydrogen-bond acceptors (Lipinski definition) is 12. The fourth-order valence-electron chi connectivity index (χ4n) is 6.88. The second kappa shape index (κ2) is 18.6. The molecule has 61 heavy (non-hydrogen) atoms. The third-order valence-electron chi connectivity index (χ3n) is 9.65. The van der Waals surface area contributed by atoms with Crippen LogP contribution in [0.25, 0.3) is 11.1 Å². The Kier molecular flexibility index (Phi) is 13.4. The van der Waals surface area contributed by atoms with Gasteiger partial charge in [-0.1, -0.05) is 60.7 Å². The largest absolute Gasteiger partial charge is 0.462 e. The van der Waals surface area contributed by atoms with Gasteiger partial charge in [-0.3, -0.25) is 9.59 Å². The number of carbonyl (C=O) groups is 6. The molecule has 4 aromatic carbocycles. The van der Waals surface area contributed by atoms with E-state index < -0.39 is 46.6 Å². The van der Waals surface area contributed by atoms with E-state index in [1.165, 1.54) is 0 Å². The van der Waals surface area contributed by atoms with Crippen LogP contribution in [-0.4, -0.2) is 72.9 Å². The first-order chi connectivity index (χ1) is 29.0. The Bertz CT molecular complexity index is 2220. The van der Waals surface area contributed by atoms with Gasteiger partial charge >= 0.3 is 23.9 Å².